The van der Waals surface area contributed by atoms with Crippen LogP contribution in [-0.2, 0) is 14.3 Å². The Morgan fingerprint density at radius 1 is 1.11 bits per heavy atom. The predicted octanol–water partition coefficient (Wildman–Crippen LogP) is 2.13. The van der Waals surface area contributed by atoms with Crippen molar-refractivity contribution in [2.75, 3.05) is 18.1 Å². The van der Waals surface area contributed by atoms with Crippen molar-refractivity contribution in [1.29, 1.82) is 0 Å². The van der Waals surface area contributed by atoms with Crippen LogP contribution in [0.25, 0.3) is 0 Å². The largest absolute Gasteiger partial charge is 0.376 e. The lowest BCUT2D eigenvalue weighted by molar-refractivity contribution is -0.123. The van der Waals surface area contributed by atoms with Crippen molar-refractivity contribution in [2.45, 2.75) is 38.2 Å². The summed E-state index contributed by atoms with van der Waals surface area (Å²) in [4.78, 5) is 39.7. The van der Waals surface area contributed by atoms with Gasteiger partial charge in [-0.25, -0.2) is 0 Å². The molecule has 6 nitrogen and oxygen atoms in total. The second kappa shape index (κ2) is 6.44. The van der Waals surface area contributed by atoms with E-state index in [1.54, 1.807) is 24.3 Å². The quantitative estimate of drug-likeness (QED) is 0.826. The van der Waals surface area contributed by atoms with Gasteiger partial charge in [0.05, 0.1) is 23.6 Å². The van der Waals surface area contributed by atoms with Gasteiger partial charge in [-0.1, -0.05) is 6.07 Å². The highest BCUT2D eigenvalue weighted by Gasteiger charge is 2.61. The van der Waals surface area contributed by atoms with E-state index in [-0.39, 0.29) is 35.7 Å². The van der Waals surface area contributed by atoms with E-state index in [1.165, 1.54) is 4.90 Å². The fourth-order valence-corrected chi connectivity index (χ4v) is 5.56. The molecule has 0 unspecified atom stereocenters. The summed E-state index contributed by atoms with van der Waals surface area (Å²) in [5.41, 5.74) is 0.981. The molecule has 3 amide bonds. The number of carbonyl (C=O) groups excluding carboxylic acids is 3. The molecule has 1 N–H and O–H groups in total. The standard InChI is InChI=1S/C21H24N2O4/c24-19(22-11-16-5-2-8-27-16)14-3-1-4-15(10-14)23-20(25)17-12-6-7-13(9-12)18(17)21(23)26/h1,3-4,10,12-13,16-18H,2,5-9,11H2,(H,22,24)/t12-,13+,16-,17-,18+/m1/s1. The highest BCUT2D eigenvalue weighted by Crippen LogP contribution is 2.56. The number of imide groups is 1. The molecule has 0 radical (unpaired) electrons. The first-order valence-corrected chi connectivity index (χ1v) is 10.0. The van der Waals surface area contributed by atoms with E-state index in [2.05, 4.69) is 5.32 Å². The number of anilines is 1. The number of nitrogens with one attached hydrogen (secondary N) is 1. The number of rotatable bonds is 4. The molecule has 0 aromatic heterocycles. The number of benzene rings is 1. The maximum atomic E-state index is 13.0. The molecule has 1 aromatic carbocycles. The third-order valence-electron chi connectivity index (χ3n) is 6.81. The van der Waals surface area contributed by atoms with Gasteiger partial charge in [0.2, 0.25) is 11.8 Å². The van der Waals surface area contributed by atoms with Crippen molar-refractivity contribution >= 4 is 23.4 Å². The zero-order chi connectivity index (χ0) is 18.5. The van der Waals surface area contributed by atoms with Crippen LogP contribution in [0.15, 0.2) is 24.3 Å². The van der Waals surface area contributed by atoms with Gasteiger partial charge in [-0.3, -0.25) is 19.3 Å². The smallest absolute Gasteiger partial charge is 0.251 e. The second-order valence-electron chi connectivity index (χ2n) is 8.29. The Balaban J connectivity index is 1.34. The molecule has 2 heterocycles. The fourth-order valence-electron chi connectivity index (χ4n) is 5.56. The molecule has 5 rings (SSSR count). The monoisotopic (exact) mass is 368 g/mol. The lowest BCUT2D eigenvalue weighted by Gasteiger charge is -2.19. The van der Waals surface area contributed by atoms with Crippen LogP contribution in [0.2, 0.25) is 0 Å². The van der Waals surface area contributed by atoms with Crippen molar-refractivity contribution in [2.24, 2.45) is 23.7 Å². The maximum Gasteiger partial charge on any atom is 0.251 e. The minimum Gasteiger partial charge on any atom is -0.376 e. The van der Waals surface area contributed by atoms with Crippen LogP contribution in [0.1, 0.15) is 42.5 Å². The molecular formula is C21H24N2O4. The number of ether oxygens (including phenoxy) is 1. The topological polar surface area (TPSA) is 75.7 Å². The van der Waals surface area contributed by atoms with Gasteiger partial charge in [0, 0.05) is 18.7 Å². The van der Waals surface area contributed by atoms with Gasteiger partial charge < -0.3 is 10.1 Å². The molecule has 2 saturated carbocycles. The van der Waals surface area contributed by atoms with E-state index in [0.29, 0.717) is 29.6 Å². The van der Waals surface area contributed by atoms with Crippen LogP contribution in [0.5, 0.6) is 0 Å². The zero-order valence-electron chi connectivity index (χ0n) is 15.2. The molecule has 2 aliphatic carbocycles. The van der Waals surface area contributed by atoms with Gasteiger partial charge in [0.15, 0.2) is 0 Å². The number of carbonyl (C=O) groups is 3. The average Bonchev–Trinajstić information content (AvgIpc) is 3.45. The molecule has 4 fully saturated rings. The van der Waals surface area contributed by atoms with Gasteiger partial charge in [-0.2, -0.15) is 0 Å². The number of hydrogen-bond acceptors (Lipinski definition) is 4. The summed E-state index contributed by atoms with van der Waals surface area (Å²) in [5.74, 6) is 0.0788. The maximum absolute atomic E-state index is 13.0. The Morgan fingerprint density at radius 2 is 1.85 bits per heavy atom. The Labute approximate surface area is 158 Å². The minimum absolute atomic E-state index is 0.0749. The Hall–Kier alpha value is -2.21. The van der Waals surface area contributed by atoms with Crippen LogP contribution in [0, 0.1) is 23.7 Å². The summed E-state index contributed by atoms with van der Waals surface area (Å²) < 4.78 is 5.53. The summed E-state index contributed by atoms with van der Waals surface area (Å²) in [7, 11) is 0. The molecule has 1 aromatic rings. The average molecular weight is 368 g/mol. The molecule has 5 atom stereocenters. The molecule has 2 saturated heterocycles. The van der Waals surface area contributed by atoms with E-state index in [0.717, 1.165) is 38.7 Å². The number of fused-ring (bicyclic) bond motifs is 5. The first kappa shape index (κ1) is 16.9. The summed E-state index contributed by atoms with van der Waals surface area (Å²) in [6.07, 6.45) is 5.21. The highest BCUT2D eigenvalue weighted by molar-refractivity contribution is 6.22. The third kappa shape index (κ3) is 2.69. The van der Waals surface area contributed by atoms with Gasteiger partial charge in [-0.05, 0) is 62.1 Å². The number of hydrogen-bond donors (Lipinski definition) is 1. The summed E-state index contributed by atoms with van der Waals surface area (Å²) in [6, 6.07) is 6.85. The van der Waals surface area contributed by atoms with Crippen molar-refractivity contribution in [1.82, 2.24) is 5.32 Å². The van der Waals surface area contributed by atoms with Gasteiger partial charge in [0.1, 0.15) is 0 Å². The zero-order valence-corrected chi connectivity index (χ0v) is 15.2. The van der Waals surface area contributed by atoms with E-state index in [9.17, 15) is 14.4 Å². The van der Waals surface area contributed by atoms with E-state index in [4.69, 9.17) is 4.74 Å². The molecule has 6 heteroatoms. The summed E-state index contributed by atoms with van der Waals surface area (Å²) in [5, 5.41) is 2.89. The van der Waals surface area contributed by atoms with E-state index >= 15 is 0 Å². The van der Waals surface area contributed by atoms with Gasteiger partial charge in [0.25, 0.3) is 5.91 Å². The summed E-state index contributed by atoms with van der Waals surface area (Å²) in [6.45, 7) is 1.23. The molecule has 142 valence electrons. The first-order chi connectivity index (χ1) is 13.1. The Morgan fingerprint density at radius 3 is 2.52 bits per heavy atom. The molecular weight excluding hydrogens is 344 g/mol. The van der Waals surface area contributed by atoms with Gasteiger partial charge >= 0.3 is 0 Å². The summed E-state index contributed by atoms with van der Waals surface area (Å²) >= 11 is 0. The van der Waals surface area contributed by atoms with Crippen molar-refractivity contribution < 1.29 is 19.1 Å². The van der Waals surface area contributed by atoms with Crippen molar-refractivity contribution in [3.8, 4) is 0 Å². The van der Waals surface area contributed by atoms with E-state index in [1.807, 2.05) is 0 Å². The van der Waals surface area contributed by atoms with Crippen LogP contribution in [0.3, 0.4) is 0 Å². The molecule has 2 bridgehead atoms. The Bertz CT molecular complexity index is 773. The first-order valence-electron chi connectivity index (χ1n) is 10.0. The molecule has 0 spiro atoms. The minimum atomic E-state index is -0.202. The predicted molar refractivity (Wildman–Crippen MR) is 98.1 cm³/mol. The second-order valence-corrected chi connectivity index (χ2v) is 8.29. The van der Waals surface area contributed by atoms with Crippen LogP contribution in [-0.4, -0.2) is 37.0 Å². The van der Waals surface area contributed by atoms with Crippen LogP contribution in [0.4, 0.5) is 5.69 Å². The van der Waals surface area contributed by atoms with Crippen LogP contribution >= 0.6 is 0 Å². The number of amides is 3. The highest BCUT2D eigenvalue weighted by atomic mass is 16.5. The molecule has 27 heavy (non-hydrogen) atoms. The van der Waals surface area contributed by atoms with Crippen molar-refractivity contribution in [3.63, 3.8) is 0 Å². The van der Waals surface area contributed by atoms with Crippen LogP contribution < -0.4 is 10.2 Å². The van der Waals surface area contributed by atoms with E-state index < -0.39 is 0 Å². The lowest BCUT2D eigenvalue weighted by atomic mass is 9.81. The SMILES string of the molecule is O=C(NC[C@H]1CCCO1)c1cccc(N2C(=O)[C@@H]3[C@@H]4CC[C@@H](C4)[C@@H]3C2=O)c1. The number of nitrogens with zero attached hydrogens (tertiary/aromatic N) is 1. The third-order valence-corrected chi connectivity index (χ3v) is 6.81. The normalized spacial score (nSPS) is 34.4. The lowest BCUT2D eigenvalue weighted by Crippen LogP contribution is -2.34. The van der Waals surface area contributed by atoms with Crippen molar-refractivity contribution in [3.05, 3.63) is 29.8 Å². The Kier molecular flexibility index (Phi) is 4.04. The fraction of sp³-hybridized carbons (Fsp3) is 0.571. The van der Waals surface area contributed by atoms with Gasteiger partial charge in [-0.15, -0.1) is 0 Å². The molecule has 2 aliphatic heterocycles. The molecule has 4 aliphatic rings.